The zero-order valence-corrected chi connectivity index (χ0v) is 15.0. The van der Waals surface area contributed by atoms with Crippen molar-refractivity contribution in [1.29, 1.82) is 0 Å². The average molecular weight is 413 g/mol. The van der Waals surface area contributed by atoms with E-state index in [1.807, 2.05) is 0 Å². The van der Waals surface area contributed by atoms with Crippen LogP contribution >= 0.6 is 7.82 Å². The first-order valence-corrected chi connectivity index (χ1v) is 9.45. The summed E-state index contributed by atoms with van der Waals surface area (Å²) >= 11 is 0. The smallest absolute Gasteiger partial charge is 0.387 e. The van der Waals surface area contributed by atoms with Gasteiger partial charge in [0.1, 0.15) is 36.5 Å². The molecule has 4 heterocycles. The minimum atomic E-state index is -4.51. The molecule has 1 aliphatic rings. The number of hydrogen-bond donors (Lipinski definition) is 4. The van der Waals surface area contributed by atoms with Crippen LogP contribution in [0.5, 0.6) is 0 Å². The van der Waals surface area contributed by atoms with Gasteiger partial charge in [0.05, 0.1) is 19.1 Å². The quantitative estimate of drug-likeness (QED) is 0.341. The lowest BCUT2D eigenvalue weighted by atomic mass is 10.1. The molecule has 28 heavy (non-hydrogen) atoms. The molecule has 1 saturated heterocycles. The Labute approximate surface area is 156 Å². The molecule has 1 unspecified atom stereocenters. The van der Waals surface area contributed by atoms with Crippen molar-refractivity contribution in [2.24, 2.45) is 0 Å². The first-order chi connectivity index (χ1) is 13.4. The van der Waals surface area contributed by atoms with E-state index in [0.717, 1.165) is 11.1 Å². The van der Waals surface area contributed by atoms with Crippen LogP contribution in [0.3, 0.4) is 0 Å². The van der Waals surface area contributed by atoms with Crippen molar-refractivity contribution in [3.8, 4) is 0 Å². The average Bonchev–Trinajstić information content (AvgIpc) is 3.36. The Morgan fingerprint density at radius 2 is 2.07 bits per heavy atom. The van der Waals surface area contributed by atoms with Crippen molar-refractivity contribution in [2.75, 3.05) is 12.3 Å². The van der Waals surface area contributed by atoms with E-state index in [2.05, 4.69) is 19.9 Å². The summed E-state index contributed by atoms with van der Waals surface area (Å²) in [5, 5.41) is 20.6. The molecule has 0 bridgehead atoms. The molecule has 15 heteroatoms. The number of phosphoric ester groups is 1. The van der Waals surface area contributed by atoms with Crippen molar-refractivity contribution < 1.29 is 33.6 Å². The van der Waals surface area contributed by atoms with Gasteiger partial charge in [0.25, 0.3) is 0 Å². The largest absolute Gasteiger partial charge is 0.546 e. The van der Waals surface area contributed by atoms with Crippen molar-refractivity contribution in [2.45, 2.75) is 24.5 Å². The fraction of sp³-hybridized carbons (Fsp3) is 0.385. The Bertz CT molecular complexity index is 1010. The summed E-state index contributed by atoms with van der Waals surface area (Å²) in [6.07, 6.45) is 1.37. The minimum Gasteiger partial charge on any atom is -0.387 e. The monoisotopic (exact) mass is 413 g/mol. The van der Waals surface area contributed by atoms with Gasteiger partial charge in [-0.15, -0.1) is 0 Å². The molecule has 0 radical (unpaired) electrons. The number of hydrogen-bond acceptors (Lipinski definition) is 11. The number of nitrogens with two attached hydrogens (primary N) is 1. The van der Waals surface area contributed by atoms with Gasteiger partial charge in [0.2, 0.25) is 0 Å². The second-order valence-corrected chi connectivity index (χ2v) is 7.26. The minimum absolute atomic E-state index is 0.148. The van der Waals surface area contributed by atoms with Gasteiger partial charge in [-0.1, -0.05) is 0 Å². The van der Waals surface area contributed by atoms with Gasteiger partial charge in [-0.3, -0.25) is 14.0 Å². The number of fused-ring (bicyclic) bond motifs is 1. The molecule has 1 fully saturated rings. The van der Waals surface area contributed by atoms with E-state index in [0.29, 0.717) is 11.2 Å². The van der Waals surface area contributed by atoms with Crippen LogP contribution in [0.1, 0.15) is 6.23 Å². The van der Waals surface area contributed by atoms with Crippen LogP contribution < -0.4 is 10.4 Å². The predicted octanol–water partition coefficient (Wildman–Crippen LogP) is -1.53. The van der Waals surface area contributed by atoms with Crippen LogP contribution in [0.2, 0.25) is 0 Å². The summed E-state index contributed by atoms with van der Waals surface area (Å²) in [5.74, 6) is 0.148. The Morgan fingerprint density at radius 3 is 2.82 bits per heavy atom. The maximum atomic E-state index is 12.0. The van der Waals surface area contributed by atoms with Gasteiger partial charge in [-0.2, -0.15) is 4.73 Å². The summed E-state index contributed by atoms with van der Waals surface area (Å²) in [6.45, 7) is -0.527. The summed E-state index contributed by atoms with van der Waals surface area (Å²) in [5.41, 5.74) is 6.33. The molecular weight excluding hydrogens is 397 g/mol. The zero-order chi connectivity index (χ0) is 19.9. The van der Waals surface area contributed by atoms with Gasteiger partial charge in [0, 0.05) is 6.20 Å². The molecule has 150 valence electrons. The zero-order valence-electron chi connectivity index (χ0n) is 14.1. The summed E-state index contributed by atoms with van der Waals surface area (Å²) in [6, 6.07) is 0. The molecule has 0 spiro atoms. The fourth-order valence-corrected chi connectivity index (χ4v) is 3.48. The molecule has 0 aromatic carbocycles. The SMILES string of the molecule is Nc1ncnc2c1ncn2[C@@H]1O[C@H](COP(=O)(O)On2ccnc2)[C@@H](O)[C@H]1O. The van der Waals surface area contributed by atoms with E-state index in [9.17, 15) is 19.7 Å². The third-order valence-electron chi connectivity index (χ3n) is 4.08. The molecule has 0 saturated carbocycles. The lowest BCUT2D eigenvalue weighted by Gasteiger charge is -2.17. The highest BCUT2D eigenvalue weighted by molar-refractivity contribution is 7.47. The van der Waals surface area contributed by atoms with Crippen LogP contribution in [0, 0.1) is 0 Å². The Kier molecular flexibility index (Phi) is 4.74. The number of nitrogen functional groups attached to an aromatic ring is 1. The molecule has 0 amide bonds. The van der Waals surface area contributed by atoms with Crippen LogP contribution in [-0.4, -0.2) is 69.3 Å². The number of aliphatic hydroxyl groups is 2. The number of phosphoric acid groups is 1. The lowest BCUT2D eigenvalue weighted by molar-refractivity contribution is -0.0515. The highest BCUT2D eigenvalue weighted by Crippen LogP contribution is 2.41. The van der Waals surface area contributed by atoms with E-state index in [1.54, 1.807) is 0 Å². The number of aromatic nitrogens is 6. The molecule has 14 nitrogen and oxygen atoms in total. The van der Waals surface area contributed by atoms with Gasteiger partial charge in [-0.05, 0) is 0 Å². The van der Waals surface area contributed by atoms with Gasteiger partial charge in [0.15, 0.2) is 17.7 Å². The summed E-state index contributed by atoms with van der Waals surface area (Å²) in [7, 11) is -4.51. The molecule has 4 rings (SSSR count). The maximum Gasteiger partial charge on any atom is 0.546 e. The van der Waals surface area contributed by atoms with Crippen LogP contribution in [-0.2, 0) is 13.8 Å². The number of rotatable bonds is 6. The predicted molar refractivity (Wildman–Crippen MR) is 90.2 cm³/mol. The number of aliphatic hydroxyl groups excluding tert-OH is 2. The Balaban J connectivity index is 1.47. The van der Waals surface area contributed by atoms with Crippen molar-refractivity contribution in [3.05, 3.63) is 31.4 Å². The summed E-state index contributed by atoms with van der Waals surface area (Å²) < 4.78 is 29.4. The standard InChI is InChI=1S/C13H16N7O7P/c14-11-8-12(17-4-16-11)20(6-18-8)13-10(22)9(21)7(26-13)3-25-28(23,24)27-19-2-1-15-5-19/h1-2,4-7,9-10,13,21-22H,3H2,(H,23,24)(H2,14,16,17)/t7-,9-,10-,13-/m1/s1. The summed E-state index contributed by atoms with van der Waals surface area (Å²) in [4.78, 5) is 25.3. The molecule has 3 aromatic rings. The number of imidazole rings is 2. The molecule has 3 aromatic heterocycles. The highest BCUT2D eigenvalue weighted by Gasteiger charge is 2.45. The third kappa shape index (κ3) is 3.44. The van der Waals surface area contributed by atoms with Crippen LogP contribution in [0.4, 0.5) is 5.82 Å². The van der Waals surface area contributed by atoms with E-state index in [-0.39, 0.29) is 5.82 Å². The molecular formula is C13H16N7O7P. The molecule has 5 N–H and O–H groups in total. The molecule has 5 atom stereocenters. The van der Waals surface area contributed by atoms with Gasteiger partial charge < -0.3 is 25.3 Å². The maximum absolute atomic E-state index is 12.0. The molecule has 0 aliphatic carbocycles. The van der Waals surface area contributed by atoms with E-state index in [1.165, 1.54) is 29.6 Å². The second-order valence-electron chi connectivity index (χ2n) is 5.90. The lowest BCUT2D eigenvalue weighted by Crippen LogP contribution is -2.33. The fourth-order valence-electron chi connectivity index (χ4n) is 2.76. The van der Waals surface area contributed by atoms with E-state index >= 15 is 0 Å². The van der Waals surface area contributed by atoms with Gasteiger partial charge in [-0.25, -0.2) is 24.5 Å². The third-order valence-corrected chi connectivity index (χ3v) is 4.95. The van der Waals surface area contributed by atoms with Crippen molar-refractivity contribution in [1.82, 2.24) is 29.2 Å². The Hall–Kier alpha value is -2.61. The first kappa shape index (κ1) is 18.7. The van der Waals surface area contributed by atoms with Crippen LogP contribution in [0.25, 0.3) is 11.2 Å². The second kappa shape index (κ2) is 7.09. The number of anilines is 1. The van der Waals surface area contributed by atoms with Crippen molar-refractivity contribution >= 4 is 24.8 Å². The van der Waals surface area contributed by atoms with Crippen LogP contribution in [0.15, 0.2) is 31.4 Å². The Morgan fingerprint density at radius 1 is 1.25 bits per heavy atom. The number of ether oxygens (including phenoxy) is 1. The van der Waals surface area contributed by atoms with Crippen molar-refractivity contribution in [3.63, 3.8) is 0 Å². The highest BCUT2D eigenvalue weighted by atomic mass is 31.2. The van der Waals surface area contributed by atoms with Gasteiger partial charge >= 0.3 is 7.82 Å². The van der Waals surface area contributed by atoms with E-state index in [4.69, 9.17) is 19.6 Å². The normalized spacial score (nSPS) is 27.1. The molecule has 1 aliphatic heterocycles. The van der Waals surface area contributed by atoms with E-state index < -0.39 is 39.0 Å². The topological polar surface area (TPSA) is 193 Å². The number of nitrogens with zero attached hydrogens (tertiary/aromatic N) is 6. The first-order valence-electron chi connectivity index (χ1n) is 7.96.